The molecule has 0 aliphatic heterocycles. The topological polar surface area (TPSA) is 53.7 Å². The smallest absolute Gasteiger partial charge is 0.372 e. The van der Waals surface area contributed by atoms with Crippen molar-refractivity contribution in [2.24, 2.45) is 0 Å². The summed E-state index contributed by atoms with van der Waals surface area (Å²) in [5, 5.41) is 9.03. The van der Waals surface area contributed by atoms with Gasteiger partial charge in [-0.25, -0.2) is 4.79 Å². The van der Waals surface area contributed by atoms with E-state index in [1.165, 1.54) is 6.26 Å². The molecule has 0 aliphatic rings. The molecule has 1 rings (SSSR count). The van der Waals surface area contributed by atoms with Crippen molar-refractivity contribution in [2.75, 3.05) is 6.54 Å². The molecule has 1 aromatic rings. The lowest BCUT2D eigenvalue weighted by Crippen LogP contribution is -2.33. The van der Waals surface area contributed by atoms with Gasteiger partial charge in [0.1, 0.15) is 0 Å². The fourth-order valence-corrected chi connectivity index (χ4v) is 1.94. The molecule has 0 spiro atoms. The Kier molecular flexibility index (Phi) is 5.92. The summed E-state index contributed by atoms with van der Waals surface area (Å²) in [5.41, 5.74) is 0.763. The Bertz CT molecular complexity index is 373. The Morgan fingerprint density at radius 1 is 1.50 bits per heavy atom. The highest BCUT2D eigenvalue weighted by Gasteiger charge is 2.19. The third-order valence-electron chi connectivity index (χ3n) is 3.33. The van der Waals surface area contributed by atoms with Crippen molar-refractivity contribution in [1.82, 2.24) is 4.90 Å². The average molecular weight is 253 g/mol. The molecule has 0 saturated carbocycles. The van der Waals surface area contributed by atoms with E-state index in [4.69, 9.17) is 9.52 Å². The van der Waals surface area contributed by atoms with Crippen LogP contribution in [-0.2, 0) is 6.54 Å². The van der Waals surface area contributed by atoms with E-state index < -0.39 is 5.97 Å². The van der Waals surface area contributed by atoms with Crippen LogP contribution in [0.3, 0.4) is 0 Å². The Hall–Kier alpha value is -1.29. The normalized spacial score (nSPS) is 12.9. The molecule has 0 fully saturated rings. The maximum absolute atomic E-state index is 11.0. The van der Waals surface area contributed by atoms with Crippen LogP contribution in [0.2, 0.25) is 0 Å². The number of carboxylic acid groups (broad SMARTS) is 1. The second kappa shape index (κ2) is 7.21. The van der Waals surface area contributed by atoms with Crippen LogP contribution < -0.4 is 0 Å². The first-order valence-corrected chi connectivity index (χ1v) is 6.63. The number of carboxylic acids is 1. The zero-order valence-electron chi connectivity index (χ0n) is 11.5. The van der Waals surface area contributed by atoms with Gasteiger partial charge in [0.05, 0.1) is 6.26 Å². The van der Waals surface area contributed by atoms with Crippen molar-refractivity contribution >= 4 is 5.97 Å². The van der Waals surface area contributed by atoms with Gasteiger partial charge in [-0.1, -0.05) is 20.3 Å². The summed E-state index contributed by atoms with van der Waals surface area (Å²) in [6, 6.07) is 2.21. The molecule has 4 nitrogen and oxygen atoms in total. The van der Waals surface area contributed by atoms with Crippen LogP contribution in [0.5, 0.6) is 0 Å². The van der Waals surface area contributed by atoms with E-state index in [0.29, 0.717) is 12.6 Å². The maximum atomic E-state index is 11.0. The van der Waals surface area contributed by atoms with E-state index in [9.17, 15) is 4.79 Å². The van der Waals surface area contributed by atoms with Crippen molar-refractivity contribution in [2.45, 2.75) is 52.6 Å². The van der Waals surface area contributed by atoms with Crippen molar-refractivity contribution in [3.63, 3.8) is 0 Å². The third-order valence-corrected chi connectivity index (χ3v) is 3.33. The molecule has 0 saturated heterocycles. The Morgan fingerprint density at radius 2 is 2.22 bits per heavy atom. The minimum absolute atomic E-state index is 0.0693. The summed E-state index contributed by atoms with van der Waals surface area (Å²) in [4.78, 5) is 13.3. The van der Waals surface area contributed by atoms with Crippen LogP contribution in [0.4, 0.5) is 0 Å². The zero-order valence-corrected chi connectivity index (χ0v) is 11.5. The van der Waals surface area contributed by atoms with Crippen LogP contribution in [0.15, 0.2) is 16.7 Å². The third kappa shape index (κ3) is 3.88. The van der Waals surface area contributed by atoms with E-state index in [-0.39, 0.29) is 5.76 Å². The molecular weight excluding hydrogens is 230 g/mol. The monoisotopic (exact) mass is 253 g/mol. The highest BCUT2D eigenvalue weighted by atomic mass is 16.4. The number of hydrogen-bond donors (Lipinski definition) is 1. The average Bonchev–Trinajstić information content (AvgIpc) is 2.81. The van der Waals surface area contributed by atoms with Gasteiger partial charge < -0.3 is 9.52 Å². The molecule has 102 valence electrons. The second-order valence-corrected chi connectivity index (χ2v) is 4.66. The van der Waals surface area contributed by atoms with E-state index >= 15 is 0 Å². The Morgan fingerprint density at radius 3 is 2.78 bits per heavy atom. The largest absolute Gasteiger partial charge is 0.475 e. The minimum atomic E-state index is -0.991. The summed E-state index contributed by atoms with van der Waals surface area (Å²) in [5.74, 6) is -0.922. The van der Waals surface area contributed by atoms with Crippen LogP contribution in [0, 0.1) is 0 Å². The van der Waals surface area contributed by atoms with Gasteiger partial charge in [0.25, 0.3) is 0 Å². The molecule has 0 aromatic carbocycles. The van der Waals surface area contributed by atoms with Crippen molar-refractivity contribution in [3.05, 3.63) is 23.7 Å². The highest BCUT2D eigenvalue weighted by molar-refractivity contribution is 5.86. The molecule has 1 N–H and O–H groups in total. The number of carbonyl (C=O) groups is 1. The van der Waals surface area contributed by atoms with Crippen LogP contribution in [0.1, 0.15) is 56.2 Å². The number of nitrogens with zero attached hydrogens (tertiary/aromatic N) is 1. The van der Waals surface area contributed by atoms with Gasteiger partial charge in [-0.3, -0.25) is 4.90 Å². The maximum Gasteiger partial charge on any atom is 0.372 e. The molecule has 0 amide bonds. The van der Waals surface area contributed by atoms with Crippen LogP contribution >= 0.6 is 0 Å². The lowest BCUT2D eigenvalue weighted by atomic mass is 10.1. The standard InChI is InChI=1S/C14H23NO3/c1-4-6-8-15(11(3)5-2)10-12-7-9-18-13(12)14(16)17/h7,9,11H,4-6,8,10H2,1-3H3,(H,16,17). The summed E-state index contributed by atoms with van der Waals surface area (Å²) >= 11 is 0. The number of rotatable bonds is 8. The Balaban J connectivity index is 2.75. The SMILES string of the molecule is CCCCN(Cc1ccoc1C(=O)O)C(C)CC. The van der Waals surface area contributed by atoms with E-state index in [1.54, 1.807) is 6.07 Å². The molecule has 1 unspecified atom stereocenters. The fraction of sp³-hybridized carbons (Fsp3) is 0.643. The summed E-state index contributed by atoms with van der Waals surface area (Å²) in [6.07, 6.45) is 4.78. The van der Waals surface area contributed by atoms with Gasteiger partial charge in [-0.2, -0.15) is 0 Å². The molecule has 0 radical (unpaired) electrons. The molecule has 1 atom stereocenters. The van der Waals surface area contributed by atoms with Crippen molar-refractivity contribution in [3.8, 4) is 0 Å². The number of unbranched alkanes of at least 4 members (excludes halogenated alkanes) is 1. The van der Waals surface area contributed by atoms with E-state index in [0.717, 1.165) is 31.4 Å². The first-order chi connectivity index (χ1) is 8.60. The van der Waals surface area contributed by atoms with Crippen molar-refractivity contribution in [1.29, 1.82) is 0 Å². The summed E-state index contributed by atoms with van der Waals surface area (Å²) in [7, 11) is 0. The summed E-state index contributed by atoms with van der Waals surface area (Å²) in [6.45, 7) is 8.13. The highest BCUT2D eigenvalue weighted by Crippen LogP contribution is 2.16. The first kappa shape index (κ1) is 14.8. The predicted octanol–water partition coefficient (Wildman–Crippen LogP) is 3.38. The molecule has 0 aliphatic carbocycles. The second-order valence-electron chi connectivity index (χ2n) is 4.66. The van der Waals surface area contributed by atoms with Crippen molar-refractivity contribution < 1.29 is 14.3 Å². The summed E-state index contributed by atoms with van der Waals surface area (Å²) < 4.78 is 5.02. The first-order valence-electron chi connectivity index (χ1n) is 6.63. The minimum Gasteiger partial charge on any atom is -0.475 e. The predicted molar refractivity (Wildman–Crippen MR) is 70.7 cm³/mol. The lowest BCUT2D eigenvalue weighted by Gasteiger charge is -2.28. The van der Waals surface area contributed by atoms with E-state index in [2.05, 4.69) is 25.7 Å². The lowest BCUT2D eigenvalue weighted by molar-refractivity contribution is 0.0658. The molecule has 1 aromatic heterocycles. The fourth-order valence-electron chi connectivity index (χ4n) is 1.94. The molecule has 1 heterocycles. The molecule has 0 bridgehead atoms. The van der Waals surface area contributed by atoms with Crippen LogP contribution in [0.25, 0.3) is 0 Å². The van der Waals surface area contributed by atoms with Crippen LogP contribution in [-0.4, -0.2) is 28.6 Å². The van der Waals surface area contributed by atoms with Gasteiger partial charge in [0.2, 0.25) is 5.76 Å². The number of aromatic carboxylic acids is 1. The van der Waals surface area contributed by atoms with E-state index in [1.807, 2.05) is 0 Å². The van der Waals surface area contributed by atoms with Gasteiger partial charge in [0, 0.05) is 18.2 Å². The number of furan rings is 1. The molecule has 4 heteroatoms. The number of hydrogen-bond acceptors (Lipinski definition) is 3. The van der Waals surface area contributed by atoms with Gasteiger partial charge in [0.15, 0.2) is 0 Å². The van der Waals surface area contributed by atoms with Gasteiger partial charge in [-0.05, 0) is 32.4 Å². The van der Waals surface area contributed by atoms with Gasteiger partial charge >= 0.3 is 5.97 Å². The van der Waals surface area contributed by atoms with Gasteiger partial charge in [-0.15, -0.1) is 0 Å². The molecular formula is C14H23NO3. The quantitative estimate of drug-likeness (QED) is 0.771. The Labute approximate surface area is 109 Å². The zero-order chi connectivity index (χ0) is 13.5. The molecule has 18 heavy (non-hydrogen) atoms.